The van der Waals surface area contributed by atoms with Crippen molar-refractivity contribution in [1.29, 1.82) is 0 Å². The Labute approximate surface area is 184 Å². The van der Waals surface area contributed by atoms with E-state index in [1.54, 1.807) is 0 Å². The average molecular weight is 450 g/mol. The Morgan fingerprint density at radius 1 is 1.27 bits per heavy atom. The predicted molar refractivity (Wildman–Crippen MR) is 116 cm³/mol. The molecule has 0 atom stereocenters. The van der Waals surface area contributed by atoms with Crippen molar-refractivity contribution in [1.82, 2.24) is 25.1 Å². The molecule has 1 aromatic carbocycles. The maximum atomic E-state index is 6.70. The molecule has 0 saturated carbocycles. The third-order valence-electron chi connectivity index (χ3n) is 4.55. The number of nitrogens with zero attached hydrogens (tertiary/aromatic N) is 4. The van der Waals surface area contributed by atoms with Crippen molar-refractivity contribution in [2.24, 2.45) is 0 Å². The molecule has 1 aliphatic rings. The van der Waals surface area contributed by atoms with Crippen molar-refractivity contribution in [2.75, 3.05) is 39.5 Å². The van der Waals surface area contributed by atoms with Gasteiger partial charge in [0.05, 0.1) is 24.8 Å². The molecule has 0 unspecified atom stereocenters. The SMILES string of the molecule is CC(C)Oc1cc(Sc2nnc[nH]2)nc2c(Cl)c(OCCN3CCOCC3)ccc12. The van der Waals surface area contributed by atoms with E-state index in [-0.39, 0.29) is 6.10 Å². The summed E-state index contributed by atoms with van der Waals surface area (Å²) >= 11 is 8.07. The van der Waals surface area contributed by atoms with E-state index in [9.17, 15) is 0 Å². The minimum Gasteiger partial charge on any atom is -0.491 e. The van der Waals surface area contributed by atoms with E-state index in [4.69, 9.17) is 30.8 Å². The minimum atomic E-state index is 0.0157. The molecule has 3 heterocycles. The van der Waals surface area contributed by atoms with Gasteiger partial charge in [-0.1, -0.05) is 11.6 Å². The highest BCUT2D eigenvalue weighted by atomic mass is 35.5. The van der Waals surface area contributed by atoms with Crippen LogP contribution in [0.2, 0.25) is 5.02 Å². The highest BCUT2D eigenvalue weighted by Gasteiger charge is 2.17. The number of hydrogen-bond donors (Lipinski definition) is 1. The van der Waals surface area contributed by atoms with Crippen LogP contribution in [0.3, 0.4) is 0 Å². The van der Waals surface area contributed by atoms with Crippen molar-refractivity contribution >= 4 is 34.3 Å². The molecular weight excluding hydrogens is 426 g/mol. The highest BCUT2D eigenvalue weighted by molar-refractivity contribution is 7.99. The number of pyridine rings is 1. The Hall–Kier alpha value is -2.07. The topological polar surface area (TPSA) is 85.4 Å². The molecule has 3 aromatic rings. The number of aromatic amines is 1. The number of ether oxygens (including phenoxy) is 3. The van der Waals surface area contributed by atoms with Crippen molar-refractivity contribution < 1.29 is 14.2 Å². The highest BCUT2D eigenvalue weighted by Crippen LogP contribution is 2.39. The number of halogens is 1. The molecule has 0 radical (unpaired) electrons. The maximum Gasteiger partial charge on any atom is 0.194 e. The molecule has 2 aromatic heterocycles. The summed E-state index contributed by atoms with van der Waals surface area (Å²) in [7, 11) is 0. The van der Waals surface area contributed by atoms with E-state index in [0.29, 0.717) is 33.1 Å². The number of H-pyrrole nitrogens is 1. The molecule has 160 valence electrons. The second-order valence-electron chi connectivity index (χ2n) is 7.10. The van der Waals surface area contributed by atoms with Crippen LogP contribution in [0.25, 0.3) is 10.9 Å². The molecule has 0 bridgehead atoms. The molecule has 8 nitrogen and oxygen atoms in total. The summed E-state index contributed by atoms with van der Waals surface area (Å²) in [6.07, 6.45) is 1.55. The molecule has 10 heteroatoms. The summed E-state index contributed by atoms with van der Waals surface area (Å²) in [5, 5.41) is 10.5. The first-order valence-corrected chi connectivity index (χ1v) is 11.1. The Bertz CT molecular complexity index is 980. The van der Waals surface area contributed by atoms with Crippen molar-refractivity contribution in [3.8, 4) is 11.5 Å². The van der Waals surface area contributed by atoms with Crippen LogP contribution in [-0.4, -0.2) is 70.6 Å². The van der Waals surface area contributed by atoms with Gasteiger partial charge < -0.3 is 19.2 Å². The van der Waals surface area contributed by atoms with Gasteiger partial charge in [-0.25, -0.2) is 4.98 Å². The lowest BCUT2D eigenvalue weighted by molar-refractivity contribution is 0.0322. The van der Waals surface area contributed by atoms with Crippen LogP contribution in [0.15, 0.2) is 34.7 Å². The third kappa shape index (κ3) is 5.15. The number of rotatable bonds is 8. The van der Waals surface area contributed by atoms with Crippen LogP contribution in [0, 0.1) is 0 Å². The lowest BCUT2D eigenvalue weighted by atomic mass is 10.2. The second kappa shape index (κ2) is 9.82. The summed E-state index contributed by atoms with van der Waals surface area (Å²) in [6.45, 7) is 8.74. The summed E-state index contributed by atoms with van der Waals surface area (Å²) in [5.74, 6) is 1.33. The fourth-order valence-electron chi connectivity index (χ4n) is 3.15. The number of nitrogens with one attached hydrogen (secondary N) is 1. The van der Waals surface area contributed by atoms with Crippen molar-refractivity contribution in [3.63, 3.8) is 0 Å². The van der Waals surface area contributed by atoms with Gasteiger partial charge in [0.1, 0.15) is 34.5 Å². The van der Waals surface area contributed by atoms with E-state index in [1.165, 1.54) is 18.1 Å². The normalized spacial score (nSPS) is 15.1. The molecular formula is C20H24ClN5O3S. The van der Waals surface area contributed by atoms with Gasteiger partial charge in [0, 0.05) is 31.1 Å². The molecule has 1 N–H and O–H groups in total. The van der Waals surface area contributed by atoms with Crippen molar-refractivity contribution in [3.05, 3.63) is 29.5 Å². The molecule has 0 amide bonds. The minimum absolute atomic E-state index is 0.0157. The zero-order valence-electron chi connectivity index (χ0n) is 16.9. The number of morpholine rings is 1. The van der Waals surface area contributed by atoms with Gasteiger partial charge in [-0.15, -0.1) is 10.2 Å². The molecule has 1 saturated heterocycles. The fourth-order valence-corrected chi connectivity index (χ4v) is 4.12. The predicted octanol–water partition coefficient (Wildman–Crippen LogP) is 3.66. The number of hydrogen-bond acceptors (Lipinski definition) is 8. The van der Waals surface area contributed by atoms with E-state index >= 15 is 0 Å². The Morgan fingerprint density at radius 3 is 2.83 bits per heavy atom. The average Bonchev–Trinajstić information content (AvgIpc) is 3.23. The fraction of sp³-hybridized carbons (Fsp3) is 0.450. The van der Waals surface area contributed by atoms with Gasteiger partial charge in [-0.05, 0) is 37.7 Å². The van der Waals surface area contributed by atoms with E-state index in [2.05, 4.69) is 20.1 Å². The zero-order chi connectivity index (χ0) is 20.9. The van der Waals surface area contributed by atoms with Gasteiger partial charge in [-0.2, -0.15) is 0 Å². The van der Waals surface area contributed by atoms with Gasteiger partial charge in [0.15, 0.2) is 5.16 Å². The first-order chi connectivity index (χ1) is 14.6. The molecule has 30 heavy (non-hydrogen) atoms. The molecule has 1 fully saturated rings. The smallest absolute Gasteiger partial charge is 0.194 e. The Morgan fingerprint density at radius 2 is 2.10 bits per heavy atom. The van der Waals surface area contributed by atoms with Gasteiger partial charge >= 0.3 is 0 Å². The molecule has 4 rings (SSSR count). The summed E-state index contributed by atoms with van der Waals surface area (Å²) in [4.78, 5) is 10.0. The maximum absolute atomic E-state index is 6.70. The Kier molecular flexibility index (Phi) is 6.93. The van der Waals surface area contributed by atoms with Gasteiger partial charge in [-0.3, -0.25) is 4.90 Å². The van der Waals surface area contributed by atoms with Crippen LogP contribution in [0.1, 0.15) is 13.8 Å². The van der Waals surface area contributed by atoms with Crippen LogP contribution < -0.4 is 9.47 Å². The first kappa shape index (κ1) is 21.2. The molecule has 0 spiro atoms. The second-order valence-corrected chi connectivity index (χ2v) is 8.48. The van der Waals surface area contributed by atoms with Crippen LogP contribution in [-0.2, 0) is 4.74 Å². The van der Waals surface area contributed by atoms with Gasteiger partial charge in [0.2, 0.25) is 0 Å². The summed E-state index contributed by atoms with van der Waals surface area (Å²) < 4.78 is 17.4. The molecule has 1 aliphatic heterocycles. The number of aromatic nitrogens is 4. The van der Waals surface area contributed by atoms with Crippen molar-refractivity contribution in [2.45, 2.75) is 30.1 Å². The van der Waals surface area contributed by atoms with Gasteiger partial charge in [0.25, 0.3) is 0 Å². The monoisotopic (exact) mass is 449 g/mol. The largest absolute Gasteiger partial charge is 0.491 e. The molecule has 0 aliphatic carbocycles. The van der Waals surface area contributed by atoms with E-state index < -0.39 is 0 Å². The van der Waals surface area contributed by atoms with E-state index in [0.717, 1.165) is 44.0 Å². The van der Waals surface area contributed by atoms with Crippen LogP contribution in [0.5, 0.6) is 11.5 Å². The zero-order valence-corrected chi connectivity index (χ0v) is 18.5. The number of benzene rings is 1. The number of fused-ring (bicyclic) bond motifs is 1. The van der Waals surface area contributed by atoms with E-state index in [1.807, 2.05) is 32.0 Å². The van der Waals surface area contributed by atoms with Crippen LogP contribution >= 0.6 is 23.4 Å². The Balaban J connectivity index is 1.58. The lowest BCUT2D eigenvalue weighted by Crippen LogP contribution is -2.38. The summed E-state index contributed by atoms with van der Waals surface area (Å²) in [5.41, 5.74) is 0.640. The quantitative estimate of drug-likeness (QED) is 0.557. The first-order valence-electron chi connectivity index (χ1n) is 9.87. The van der Waals surface area contributed by atoms with Crippen LogP contribution in [0.4, 0.5) is 0 Å². The third-order valence-corrected chi connectivity index (χ3v) is 5.73. The summed E-state index contributed by atoms with van der Waals surface area (Å²) in [6, 6.07) is 5.71. The standard InChI is InChI=1S/C20H24ClN5O3S/c1-13(2)29-16-11-17(30-20-22-12-23-25-20)24-19-14(16)3-4-15(18(19)21)28-10-7-26-5-8-27-9-6-26/h3-4,11-13H,5-10H2,1-2H3,(H,22,23,25). The lowest BCUT2D eigenvalue weighted by Gasteiger charge is -2.26.